The number of hydrogen-bond donors (Lipinski definition) is 2. The largest absolute Gasteiger partial charge is 0.395 e. The Morgan fingerprint density at radius 3 is 1.93 bits per heavy atom. The molecule has 0 heterocycles. The van der Waals surface area contributed by atoms with Crippen molar-refractivity contribution in [3.63, 3.8) is 0 Å². The van der Waals surface area contributed by atoms with Gasteiger partial charge in [0.2, 0.25) is 5.91 Å². The molecule has 0 fully saturated rings. The van der Waals surface area contributed by atoms with Crippen LogP contribution in [0.3, 0.4) is 0 Å². The summed E-state index contributed by atoms with van der Waals surface area (Å²) in [6, 6.07) is 0. The highest BCUT2D eigenvalue weighted by molar-refractivity contribution is 5.78. The van der Waals surface area contributed by atoms with Gasteiger partial charge in [0.1, 0.15) is 0 Å². The fourth-order valence-corrected chi connectivity index (χ4v) is 2.70. The summed E-state index contributed by atoms with van der Waals surface area (Å²) in [7, 11) is 0. The van der Waals surface area contributed by atoms with Gasteiger partial charge in [-0.25, -0.2) is 0 Å². The van der Waals surface area contributed by atoms with Crippen LogP contribution < -0.4 is 5.32 Å². The molecule has 27 heavy (non-hydrogen) atoms. The van der Waals surface area contributed by atoms with Crippen molar-refractivity contribution < 1.29 is 9.90 Å². The molecule has 0 rings (SSSR count). The van der Waals surface area contributed by atoms with Gasteiger partial charge in [-0.1, -0.05) is 75.3 Å². The van der Waals surface area contributed by atoms with Gasteiger partial charge in [-0.3, -0.25) is 4.79 Å². The van der Waals surface area contributed by atoms with Crippen molar-refractivity contribution in [1.29, 1.82) is 0 Å². The molecule has 1 unspecified atom stereocenters. The van der Waals surface area contributed by atoms with Gasteiger partial charge in [-0.15, -0.1) is 0 Å². The summed E-state index contributed by atoms with van der Waals surface area (Å²) in [5, 5.41) is 11.5. The molecule has 1 atom stereocenters. The molecule has 0 aromatic carbocycles. The molecule has 0 aromatic heterocycles. The number of carbonyl (C=O) groups is 1. The second kappa shape index (κ2) is 20.7. The smallest absolute Gasteiger partial charge is 0.223 e. The third-order valence-corrected chi connectivity index (χ3v) is 4.41. The molecule has 154 valence electrons. The maximum Gasteiger partial charge on any atom is 0.223 e. The third-order valence-electron chi connectivity index (χ3n) is 4.41. The van der Waals surface area contributed by atoms with Crippen LogP contribution in [-0.4, -0.2) is 24.2 Å². The normalized spacial score (nSPS) is 13.4. The molecule has 2 N–H and O–H groups in total. The van der Waals surface area contributed by atoms with Crippen LogP contribution in [0.4, 0.5) is 0 Å². The highest BCUT2D eigenvalue weighted by atomic mass is 16.3. The Bertz CT molecular complexity index is 449. The molecular formula is C24H41NO2. The van der Waals surface area contributed by atoms with Crippen LogP contribution in [0.15, 0.2) is 48.6 Å². The van der Waals surface area contributed by atoms with Gasteiger partial charge < -0.3 is 10.4 Å². The van der Waals surface area contributed by atoms with Crippen LogP contribution in [0.1, 0.15) is 78.1 Å². The SMILES string of the molecule is CCCCC/C=C\C/C=C\C/C=C\C/C=C\CCC(CC)C(=O)NCCO. The Hall–Kier alpha value is -1.61. The Balaban J connectivity index is 3.69. The number of allylic oxidation sites excluding steroid dienone is 8. The topological polar surface area (TPSA) is 49.3 Å². The molecule has 3 heteroatoms. The standard InChI is InChI=1S/C24H41NO2/c1-3-5-6-7-8-9-10-11-12-13-14-15-16-17-18-19-20-23(4-2)24(27)25-21-22-26/h8-9,11-12,14-15,17-18,23,26H,3-7,10,13,16,19-22H2,1-2H3,(H,25,27)/b9-8-,12-11-,15-14-,18-17-. The number of hydrogen-bond acceptors (Lipinski definition) is 2. The number of aliphatic hydroxyl groups excluding tert-OH is 1. The van der Waals surface area contributed by atoms with E-state index >= 15 is 0 Å². The lowest BCUT2D eigenvalue weighted by Crippen LogP contribution is -2.32. The van der Waals surface area contributed by atoms with Crippen molar-refractivity contribution >= 4 is 5.91 Å². The summed E-state index contributed by atoms with van der Waals surface area (Å²) >= 11 is 0. The first kappa shape index (κ1) is 25.4. The van der Waals surface area contributed by atoms with E-state index in [4.69, 9.17) is 5.11 Å². The predicted molar refractivity (Wildman–Crippen MR) is 118 cm³/mol. The lowest BCUT2D eigenvalue weighted by atomic mass is 9.99. The van der Waals surface area contributed by atoms with Crippen LogP contribution in [0.5, 0.6) is 0 Å². The van der Waals surface area contributed by atoms with Crippen LogP contribution in [-0.2, 0) is 4.79 Å². The maximum absolute atomic E-state index is 11.9. The fourth-order valence-electron chi connectivity index (χ4n) is 2.70. The molecule has 1 amide bonds. The first-order valence-corrected chi connectivity index (χ1v) is 10.7. The van der Waals surface area contributed by atoms with E-state index < -0.39 is 0 Å². The van der Waals surface area contributed by atoms with Gasteiger partial charge in [-0.2, -0.15) is 0 Å². The van der Waals surface area contributed by atoms with Crippen molar-refractivity contribution in [2.75, 3.05) is 13.2 Å². The zero-order chi connectivity index (χ0) is 20.0. The van der Waals surface area contributed by atoms with Gasteiger partial charge >= 0.3 is 0 Å². The van der Waals surface area contributed by atoms with Gasteiger partial charge in [-0.05, 0) is 51.4 Å². The Morgan fingerprint density at radius 2 is 1.41 bits per heavy atom. The minimum atomic E-state index is -0.000647. The molecular weight excluding hydrogens is 334 g/mol. The second-order valence-corrected chi connectivity index (χ2v) is 6.79. The zero-order valence-corrected chi connectivity index (χ0v) is 17.5. The van der Waals surface area contributed by atoms with E-state index in [9.17, 15) is 4.79 Å². The zero-order valence-electron chi connectivity index (χ0n) is 17.5. The molecule has 3 nitrogen and oxygen atoms in total. The number of nitrogens with one attached hydrogen (secondary N) is 1. The fraction of sp³-hybridized carbons (Fsp3) is 0.625. The quantitative estimate of drug-likeness (QED) is 0.246. The highest BCUT2D eigenvalue weighted by Crippen LogP contribution is 2.11. The number of amides is 1. The van der Waals surface area contributed by atoms with E-state index in [1.54, 1.807) is 0 Å². The number of carbonyl (C=O) groups excluding carboxylic acids is 1. The summed E-state index contributed by atoms with van der Waals surface area (Å²) in [5.74, 6) is 0.102. The second-order valence-electron chi connectivity index (χ2n) is 6.79. The summed E-state index contributed by atoms with van der Waals surface area (Å²) in [4.78, 5) is 11.9. The molecule has 0 aliphatic heterocycles. The lowest BCUT2D eigenvalue weighted by molar-refractivity contribution is -0.125. The summed E-state index contributed by atoms with van der Waals surface area (Å²) < 4.78 is 0. The first-order chi connectivity index (χ1) is 13.3. The average molecular weight is 376 g/mol. The lowest BCUT2D eigenvalue weighted by Gasteiger charge is -2.13. The van der Waals surface area contributed by atoms with E-state index in [0.29, 0.717) is 6.54 Å². The highest BCUT2D eigenvalue weighted by Gasteiger charge is 2.14. The molecule has 0 radical (unpaired) electrons. The number of aliphatic hydroxyl groups is 1. The van der Waals surface area contributed by atoms with Crippen molar-refractivity contribution in [3.8, 4) is 0 Å². The van der Waals surface area contributed by atoms with E-state index in [-0.39, 0.29) is 18.4 Å². The molecule has 0 saturated carbocycles. The Kier molecular flexibility index (Phi) is 19.5. The van der Waals surface area contributed by atoms with E-state index in [0.717, 1.165) is 38.5 Å². The van der Waals surface area contributed by atoms with E-state index in [1.807, 2.05) is 6.92 Å². The molecule has 0 aliphatic rings. The van der Waals surface area contributed by atoms with Crippen LogP contribution in [0.2, 0.25) is 0 Å². The van der Waals surface area contributed by atoms with Crippen molar-refractivity contribution in [1.82, 2.24) is 5.32 Å². The molecule has 0 bridgehead atoms. The average Bonchev–Trinajstić information content (AvgIpc) is 2.68. The maximum atomic E-state index is 11.9. The predicted octanol–water partition coefficient (Wildman–Crippen LogP) is 5.88. The van der Waals surface area contributed by atoms with Crippen molar-refractivity contribution in [2.45, 2.75) is 78.1 Å². The minimum Gasteiger partial charge on any atom is -0.395 e. The number of unbranched alkanes of at least 4 members (excludes halogenated alkanes) is 3. The molecule has 0 saturated heterocycles. The molecule has 0 aliphatic carbocycles. The van der Waals surface area contributed by atoms with Crippen molar-refractivity contribution in [2.24, 2.45) is 5.92 Å². The minimum absolute atomic E-state index is 0.000647. The van der Waals surface area contributed by atoms with Gasteiger partial charge in [0.25, 0.3) is 0 Å². The van der Waals surface area contributed by atoms with Crippen LogP contribution in [0.25, 0.3) is 0 Å². The van der Waals surface area contributed by atoms with Gasteiger partial charge in [0, 0.05) is 12.5 Å². The van der Waals surface area contributed by atoms with Crippen LogP contribution in [0, 0.1) is 5.92 Å². The Labute approximate surface area is 167 Å². The van der Waals surface area contributed by atoms with Crippen LogP contribution >= 0.6 is 0 Å². The third kappa shape index (κ3) is 17.6. The van der Waals surface area contributed by atoms with E-state index in [2.05, 4.69) is 60.8 Å². The van der Waals surface area contributed by atoms with Gasteiger partial charge in [0.15, 0.2) is 0 Å². The van der Waals surface area contributed by atoms with Crippen molar-refractivity contribution in [3.05, 3.63) is 48.6 Å². The Morgan fingerprint density at radius 1 is 0.852 bits per heavy atom. The van der Waals surface area contributed by atoms with Gasteiger partial charge in [0.05, 0.1) is 6.61 Å². The first-order valence-electron chi connectivity index (χ1n) is 10.7. The summed E-state index contributed by atoms with van der Waals surface area (Å²) in [6.07, 6.45) is 28.4. The monoisotopic (exact) mass is 375 g/mol. The number of rotatable bonds is 17. The molecule has 0 spiro atoms. The molecule has 0 aromatic rings. The van der Waals surface area contributed by atoms with E-state index in [1.165, 1.54) is 25.7 Å². The summed E-state index contributed by atoms with van der Waals surface area (Å²) in [5.41, 5.74) is 0. The summed E-state index contributed by atoms with van der Waals surface area (Å²) in [6.45, 7) is 4.62.